The molecule has 4 saturated carbocycles. The molecule has 0 saturated heterocycles. The van der Waals surface area contributed by atoms with Gasteiger partial charge in [0, 0.05) is 14.4 Å². The van der Waals surface area contributed by atoms with Crippen LogP contribution < -0.4 is 5.32 Å². The summed E-state index contributed by atoms with van der Waals surface area (Å²) >= 11 is 3.79. The normalized spacial score (nSPS) is 32.8. The van der Waals surface area contributed by atoms with E-state index in [0.29, 0.717) is 5.41 Å². The topological polar surface area (TPSA) is 42.0 Å². The Kier molecular flexibility index (Phi) is 3.93. The third kappa shape index (κ3) is 2.83. The van der Waals surface area contributed by atoms with E-state index >= 15 is 0 Å². The number of halogens is 1. The van der Waals surface area contributed by atoms with Crippen LogP contribution in [0.1, 0.15) is 54.6 Å². The summed E-state index contributed by atoms with van der Waals surface area (Å²) in [7, 11) is 0. The molecule has 0 aliphatic heterocycles. The zero-order valence-electron chi connectivity index (χ0n) is 14.0. The molecular formula is C20H21IN2OS. The Labute approximate surface area is 165 Å². The fourth-order valence-corrected chi connectivity index (χ4v) is 7.27. The molecule has 4 bridgehead atoms. The number of thiazole rings is 1. The molecular weight excluding hydrogens is 443 g/mol. The van der Waals surface area contributed by atoms with E-state index in [4.69, 9.17) is 4.98 Å². The minimum Gasteiger partial charge on any atom is -0.298 e. The maximum Gasteiger partial charge on any atom is 0.258 e. The number of benzene rings is 1. The van der Waals surface area contributed by atoms with Crippen molar-refractivity contribution in [2.24, 2.45) is 17.8 Å². The summed E-state index contributed by atoms with van der Waals surface area (Å²) in [6.07, 6.45) is 8.27. The summed E-state index contributed by atoms with van der Waals surface area (Å²) in [5.74, 6) is 2.68. The second kappa shape index (κ2) is 6.05. The van der Waals surface area contributed by atoms with Crippen LogP contribution in [0.25, 0.3) is 0 Å². The highest BCUT2D eigenvalue weighted by Crippen LogP contribution is 2.60. The summed E-state index contributed by atoms with van der Waals surface area (Å²) in [5, 5.41) is 5.97. The summed E-state index contributed by atoms with van der Waals surface area (Å²) in [5.41, 5.74) is 2.26. The Bertz CT molecular complexity index is 795. The summed E-state index contributed by atoms with van der Waals surface area (Å²) in [6, 6.07) is 7.68. The van der Waals surface area contributed by atoms with Crippen LogP contribution >= 0.6 is 33.9 Å². The maximum absolute atomic E-state index is 12.5. The Balaban J connectivity index is 1.38. The molecule has 25 heavy (non-hydrogen) atoms. The van der Waals surface area contributed by atoms with Crippen molar-refractivity contribution in [1.29, 1.82) is 0 Å². The number of anilines is 1. The molecule has 4 aliphatic carbocycles. The van der Waals surface area contributed by atoms with E-state index in [1.807, 2.05) is 24.3 Å². The van der Waals surface area contributed by atoms with Crippen molar-refractivity contribution in [2.75, 3.05) is 5.32 Å². The van der Waals surface area contributed by atoms with E-state index in [1.165, 1.54) is 44.2 Å². The number of hydrogen-bond acceptors (Lipinski definition) is 3. The molecule has 130 valence electrons. The van der Waals surface area contributed by atoms with E-state index in [1.54, 1.807) is 11.3 Å². The molecule has 1 aromatic heterocycles. The lowest BCUT2D eigenvalue weighted by Crippen LogP contribution is -2.48. The van der Waals surface area contributed by atoms with Crippen LogP contribution in [0.4, 0.5) is 5.13 Å². The second-order valence-electron chi connectivity index (χ2n) is 8.17. The summed E-state index contributed by atoms with van der Waals surface area (Å²) in [4.78, 5) is 17.4. The standard InChI is InChI=1S/C20H21IN2OS/c21-16-4-2-1-3-15(16)18(24)23-19-22-17(11-25-19)20-8-12-5-13(9-20)7-14(6-12)10-20/h1-4,11-14H,5-10H2,(H,22,23,24). The van der Waals surface area contributed by atoms with Crippen molar-refractivity contribution in [1.82, 2.24) is 4.98 Å². The van der Waals surface area contributed by atoms with Crippen LogP contribution in [0.3, 0.4) is 0 Å². The van der Waals surface area contributed by atoms with Crippen molar-refractivity contribution in [3.05, 3.63) is 44.5 Å². The van der Waals surface area contributed by atoms with Crippen LogP contribution in [0.2, 0.25) is 0 Å². The van der Waals surface area contributed by atoms with E-state index in [-0.39, 0.29) is 5.91 Å². The van der Waals surface area contributed by atoms with Crippen molar-refractivity contribution in [3.63, 3.8) is 0 Å². The largest absolute Gasteiger partial charge is 0.298 e. The SMILES string of the molecule is O=C(Nc1nc(C23CC4CC(CC(C4)C2)C3)cs1)c1ccccc1I. The maximum atomic E-state index is 12.5. The number of carbonyl (C=O) groups excluding carboxylic acids is 1. The van der Waals surface area contributed by atoms with Crippen molar-refractivity contribution >= 4 is 45.0 Å². The highest BCUT2D eigenvalue weighted by Gasteiger charge is 2.52. The molecule has 0 spiro atoms. The van der Waals surface area contributed by atoms with Gasteiger partial charge in [-0.15, -0.1) is 11.3 Å². The summed E-state index contributed by atoms with van der Waals surface area (Å²) < 4.78 is 0.968. The van der Waals surface area contributed by atoms with Gasteiger partial charge < -0.3 is 0 Å². The van der Waals surface area contributed by atoms with Crippen molar-refractivity contribution in [3.8, 4) is 0 Å². The zero-order chi connectivity index (χ0) is 17.0. The number of carbonyl (C=O) groups is 1. The number of hydrogen-bond donors (Lipinski definition) is 1. The summed E-state index contributed by atoms with van der Waals surface area (Å²) in [6.45, 7) is 0. The van der Waals surface area contributed by atoms with Gasteiger partial charge in [0.1, 0.15) is 0 Å². The molecule has 1 heterocycles. The van der Waals surface area contributed by atoms with Gasteiger partial charge in [-0.2, -0.15) is 0 Å². The molecule has 4 fully saturated rings. The lowest BCUT2D eigenvalue weighted by Gasteiger charge is -2.56. The predicted octanol–water partition coefficient (Wildman–Crippen LogP) is 5.47. The molecule has 4 aliphatic rings. The molecule has 0 atom stereocenters. The van der Waals surface area contributed by atoms with Gasteiger partial charge in [0.05, 0.1) is 11.3 Å². The van der Waals surface area contributed by atoms with Crippen LogP contribution in [-0.2, 0) is 5.41 Å². The molecule has 1 amide bonds. The van der Waals surface area contributed by atoms with Gasteiger partial charge in [-0.25, -0.2) is 4.98 Å². The van der Waals surface area contributed by atoms with Gasteiger partial charge in [-0.1, -0.05) is 12.1 Å². The minimum absolute atomic E-state index is 0.0589. The number of rotatable bonds is 3. The van der Waals surface area contributed by atoms with Gasteiger partial charge in [0.15, 0.2) is 5.13 Å². The van der Waals surface area contributed by atoms with Gasteiger partial charge in [0.2, 0.25) is 0 Å². The van der Waals surface area contributed by atoms with Crippen LogP contribution in [0.5, 0.6) is 0 Å². The first-order valence-electron chi connectivity index (χ1n) is 9.13. The molecule has 2 aromatic rings. The van der Waals surface area contributed by atoms with Gasteiger partial charge in [0.25, 0.3) is 5.91 Å². The molecule has 5 heteroatoms. The fourth-order valence-electron chi connectivity index (χ4n) is 5.81. The van der Waals surface area contributed by atoms with Crippen LogP contribution in [0, 0.1) is 21.3 Å². The lowest BCUT2D eigenvalue weighted by atomic mass is 9.49. The number of nitrogens with one attached hydrogen (secondary N) is 1. The quantitative estimate of drug-likeness (QED) is 0.613. The monoisotopic (exact) mass is 464 g/mol. The van der Waals surface area contributed by atoms with Crippen LogP contribution in [-0.4, -0.2) is 10.9 Å². The van der Waals surface area contributed by atoms with Gasteiger partial charge >= 0.3 is 0 Å². The van der Waals surface area contributed by atoms with Gasteiger partial charge in [-0.3, -0.25) is 10.1 Å². The highest BCUT2D eigenvalue weighted by molar-refractivity contribution is 14.1. The average molecular weight is 464 g/mol. The Morgan fingerprint density at radius 3 is 2.40 bits per heavy atom. The molecule has 1 N–H and O–H groups in total. The smallest absolute Gasteiger partial charge is 0.258 e. The van der Waals surface area contributed by atoms with E-state index in [0.717, 1.165) is 32.0 Å². The Hall–Kier alpha value is -0.950. The first-order valence-corrected chi connectivity index (χ1v) is 11.1. The van der Waals surface area contributed by atoms with E-state index < -0.39 is 0 Å². The number of amides is 1. The first kappa shape index (κ1) is 16.2. The highest BCUT2D eigenvalue weighted by atomic mass is 127. The Morgan fingerprint density at radius 2 is 1.76 bits per heavy atom. The number of aromatic nitrogens is 1. The molecule has 0 unspecified atom stereocenters. The zero-order valence-corrected chi connectivity index (χ0v) is 17.0. The van der Waals surface area contributed by atoms with Gasteiger partial charge in [-0.05, 0) is 91.0 Å². The second-order valence-corrected chi connectivity index (χ2v) is 10.2. The van der Waals surface area contributed by atoms with Crippen molar-refractivity contribution < 1.29 is 4.79 Å². The minimum atomic E-state index is -0.0589. The molecule has 3 nitrogen and oxygen atoms in total. The lowest BCUT2D eigenvalue weighted by molar-refractivity contribution is -0.00688. The third-order valence-corrected chi connectivity index (χ3v) is 8.12. The van der Waals surface area contributed by atoms with E-state index in [2.05, 4.69) is 33.3 Å². The Morgan fingerprint density at radius 1 is 1.12 bits per heavy atom. The fraction of sp³-hybridized carbons (Fsp3) is 0.500. The molecule has 6 rings (SSSR count). The third-order valence-electron chi connectivity index (χ3n) is 6.42. The average Bonchev–Trinajstić information content (AvgIpc) is 3.03. The molecule has 0 radical (unpaired) electrons. The molecule has 1 aromatic carbocycles. The number of nitrogens with zero attached hydrogens (tertiary/aromatic N) is 1. The predicted molar refractivity (Wildman–Crippen MR) is 109 cm³/mol. The first-order chi connectivity index (χ1) is 12.1. The van der Waals surface area contributed by atoms with Crippen LogP contribution in [0.15, 0.2) is 29.6 Å². The van der Waals surface area contributed by atoms with Crippen molar-refractivity contribution in [2.45, 2.75) is 43.9 Å². The van der Waals surface area contributed by atoms with E-state index in [9.17, 15) is 4.79 Å².